The molecule has 5 nitrogen and oxygen atoms in total. The van der Waals surface area contributed by atoms with E-state index in [1.807, 2.05) is 39.0 Å². The van der Waals surface area contributed by atoms with E-state index in [4.69, 9.17) is 23.2 Å². The Labute approximate surface area is 176 Å². The van der Waals surface area contributed by atoms with Gasteiger partial charge in [-0.2, -0.15) is 0 Å². The Morgan fingerprint density at radius 3 is 2.43 bits per heavy atom. The van der Waals surface area contributed by atoms with Crippen molar-refractivity contribution in [1.82, 2.24) is 10.2 Å². The van der Waals surface area contributed by atoms with Gasteiger partial charge in [-0.25, -0.2) is 0 Å². The Balaban J connectivity index is 1.86. The second-order valence-electron chi connectivity index (χ2n) is 6.92. The van der Waals surface area contributed by atoms with E-state index in [1.165, 1.54) is 0 Å². The molecule has 2 aromatic carbocycles. The van der Waals surface area contributed by atoms with Crippen LogP contribution in [0.25, 0.3) is 0 Å². The predicted octanol–water partition coefficient (Wildman–Crippen LogP) is 4.36. The first-order chi connectivity index (χ1) is 13.2. The first-order valence-corrected chi connectivity index (χ1v) is 9.72. The van der Waals surface area contributed by atoms with E-state index in [0.717, 1.165) is 22.4 Å². The monoisotopic (exact) mass is 421 g/mol. The van der Waals surface area contributed by atoms with E-state index in [0.29, 0.717) is 10.0 Å². The molecule has 2 N–H and O–H groups in total. The average Bonchev–Trinajstić information content (AvgIpc) is 2.58. The molecule has 0 saturated carbocycles. The van der Waals surface area contributed by atoms with Crippen LogP contribution < -0.4 is 10.6 Å². The van der Waals surface area contributed by atoms with Crippen molar-refractivity contribution in [3.05, 3.63) is 63.1 Å². The van der Waals surface area contributed by atoms with Gasteiger partial charge in [0.2, 0.25) is 11.8 Å². The van der Waals surface area contributed by atoms with E-state index in [9.17, 15) is 9.59 Å². The summed E-state index contributed by atoms with van der Waals surface area (Å²) in [5, 5.41) is 6.82. The van der Waals surface area contributed by atoms with Crippen molar-refractivity contribution in [1.29, 1.82) is 0 Å². The van der Waals surface area contributed by atoms with Crippen molar-refractivity contribution < 1.29 is 9.59 Å². The van der Waals surface area contributed by atoms with E-state index in [1.54, 1.807) is 30.1 Å². The lowest BCUT2D eigenvalue weighted by Gasteiger charge is -2.20. The number of hydrogen-bond acceptors (Lipinski definition) is 3. The SMILES string of the molecule is Cc1cccc(NC(=O)CN(C)CC(=O)N[C@H](C)c2ccc(Cl)cc2Cl)c1C. The molecular formula is C21H25Cl2N3O2. The quantitative estimate of drug-likeness (QED) is 0.697. The van der Waals surface area contributed by atoms with Crippen LogP contribution in [-0.2, 0) is 9.59 Å². The number of anilines is 1. The highest BCUT2D eigenvalue weighted by atomic mass is 35.5. The Hall–Kier alpha value is -2.08. The van der Waals surface area contributed by atoms with E-state index < -0.39 is 0 Å². The van der Waals surface area contributed by atoms with Crippen molar-refractivity contribution in [2.75, 3.05) is 25.5 Å². The molecule has 0 aliphatic carbocycles. The number of carbonyl (C=O) groups is 2. The lowest BCUT2D eigenvalue weighted by Crippen LogP contribution is -2.39. The number of amides is 2. The molecule has 0 unspecified atom stereocenters. The summed E-state index contributed by atoms with van der Waals surface area (Å²) in [6.45, 7) is 6.01. The zero-order valence-electron chi connectivity index (χ0n) is 16.5. The largest absolute Gasteiger partial charge is 0.348 e. The zero-order valence-corrected chi connectivity index (χ0v) is 18.0. The third-order valence-electron chi connectivity index (χ3n) is 4.51. The van der Waals surface area contributed by atoms with Crippen LogP contribution in [-0.4, -0.2) is 36.9 Å². The molecule has 0 aromatic heterocycles. The van der Waals surface area contributed by atoms with Crippen LogP contribution in [0.15, 0.2) is 36.4 Å². The minimum atomic E-state index is -0.269. The Bertz CT molecular complexity index is 871. The molecule has 0 bridgehead atoms. The molecule has 1 atom stereocenters. The fourth-order valence-corrected chi connectivity index (χ4v) is 3.41. The number of hydrogen-bond donors (Lipinski definition) is 2. The van der Waals surface area contributed by atoms with E-state index >= 15 is 0 Å². The maximum atomic E-state index is 12.3. The number of halogens is 2. The summed E-state index contributed by atoms with van der Waals surface area (Å²) in [6, 6.07) is 10.7. The molecule has 0 radical (unpaired) electrons. The molecule has 2 aromatic rings. The topological polar surface area (TPSA) is 61.4 Å². The second kappa shape index (κ2) is 9.92. The smallest absolute Gasteiger partial charge is 0.238 e. The van der Waals surface area contributed by atoms with Gasteiger partial charge in [-0.15, -0.1) is 0 Å². The zero-order chi connectivity index (χ0) is 20.8. The number of benzene rings is 2. The van der Waals surface area contributed by atoms with Gasteiger partial charge in [0.05, 0.1) is 19.1 Å². The van der Waals surface area contributed by atoms with Crippen LogP contribution in [0.1, 0.15) is 29.7 Å². The molecule has 2 rings (SSSR count). The summed E-state index contributed by atoms with van der Waals surface area (Å²) in [5.74, 6) is -0.363. The maximum absolute atomic E-state index is 12.3. The minimum absolute atomic E-state index is 0.0930. The van der Waals surface area contributed by atoms with Crippen LogP contribution in [0, 0.1) is 13.8 Å². The van der Waals surface area contributed by atoms with Gasteiger partial charge in [-0.1, -0.05) is 41.4 Å². The summed E-state index contributed by atoms with van der Waals surface area (Å²) in [4.78, 5) is 26.2. The van der Waals surface area contributed by atoms with Crippen LogP contribution in [0.5, 0.6) is 0 Å². The lowest BCUT2D eigenvalue weighted by atomic mass is 10.1. The Morgan fingerprint density at radius 2 is 1.75 bits per heavy atom. The average molecular weight is 422 g/mol. The number of likely N-dealkylation sites (N-methyl/N-ethyl adjacent to an activating group) is 1. The van der Waals surface area contributed by atoms with Crippen LogP contribution in [0.3, 0.4) is 0 Å². The molecule has 0 heterocycles. The van der Waals surface area contributed by atoms with E-state index in [2.05, 4.69) is 10.6 Å². The van der Waals surface area contributed by atoms with Gasteiger partial charge in [0.15, 0.2) is 0 Å². The van der Waals surface area contributed by atoms with Gasteiger partial charge in [-0.3, -0.25) is 14.5 Å². The summed E-state index contributed by atoms with van der Waals surface area (Å²) >= 11 is 12.1. The minimum Gasteiger partial charge on any atom is -0.348 e. The van der Waals surface area contributed by atoms with Crippen molar-refractivity contribution in [3.63, 3.8) is 0 Å². The third kappa shape index (κ3) is 6.23. The Kier molecular flexibility index (Phi) is 7.87. The summed E-state index contributed by atoms with van der Waals surface area (Å²) in [6.07, 6.45) is 0. The van der Waals surface area contributed by atoms with Gasteiger partial charge < -0.3 is 10.6 Å². The molecule has 0 saturated heterocycles. The van der Waals surface area contributed by atoms with Crippen LogP contribution in [0.4, 0.5) is 5.69 Å². The number of nitrogens with zero attached hydrogens (tertiary/aromatic N) is 1. The first-order valence-electron chi connectivity index (χ1n) is 8.96. The lowest BCUT2D eigenvalue weighted by molar-refractivity contribution is -0.123. The molecule has 0 spiro atoms. The first kappa shape index (κ1) is 22.2. The fraction of sp³-hybridized carbons (Fsp3) is 0.333. The molecule has 0 fully saturated rings. The summed E-state index contributed by atoms with van der Waals surface area (Å²) < 4.78 is 0. The number of aryl methyl sites for hydroxylation is 1. The van der Waals surface area contributed by atoms with Gasteiger partial charge in [-0.05, 0) is 62.7 Å². The highest BCUT2D eigenvalue weighted by Gasteiger charge is 2.16. The standard InChI is InChI=1S/C21H25Cl2N3O2/c1-13-6-5-7-19(14(13)2)25-21(28)12-26(4)11-20(27)24-15(3)17-9-8-16(22)10-18(17)23/h5-10,15H,11-12H2,1-4H3,(H,24,27)(H,25,28)/t15-/m1/s1. The van der Waals surface area contributed by atoms with Crippen LogP contribution >= 0.6 is 23.2 Å². The number of carbonyl (C=O) groups excluding carboxylic acids is 2. The number of nitrogens with one attached hydrogen (secondary N) is 2. The summed E-state index contributed by atoms with van der Waals surface area (Å²) in [7, 11) is 1.72. The van der Waals surface area contributed by atoms with Crippen molar-refractivity contribution in [2.24, 2.45) is 0 Å². The maximum Gasteiger partial charge on any atom is 0.238 e. The van der Waals surface area contributed by atoms with Gasteiger partial charge in [0.1, 0.15) is 0 Å². The predicted molar refractivity (Wildman–Crippen MR) is 115 cm³/mol. The van der Waals surface area contributed by atoms with Crippen molar-refractivity contribution in [2.45, 2.75) is 26.8 Å². The second-order valence-corrected chi connectivity index (χ2v) is 7.77. The molecule has 28 heavy (non-hydrogen) atoms. The molecule has 0 aliphatic rings. The van der Waals surface area contributed by atoms with E-state index in [-0.39, 0.29) is 30.9 Å². The van der Waals surface area contributed by atoms with Gasteiger partial charge >= 0.3 is 0 Å². The Morgan fingerprint density at radius 1 is 1.07 bits per heavy atom. The van der Waals surface area contributed by atoms with Crippen molar-refractivity contribution in [3.8, 4) is 0 Å². The van der Waals surface area contributed by atoms with Gasteiger partial charge in [0, 0.05) is 15.7 Å². The molecule has 0 aliphatic heterocycles. The third-order valence-corrected chi connectivity index (χ3v) is 5.07. The highest BCUT2D eigenvalue weighted by molar-refractivity contribution is 6.35. The summed E-state index contributed by atoms with van der Waals surface area (Å²) in [5.41, 5.74) is 3.72. The molecule has 7 heteroatoms. The van der Waals surface area contributed by atoms with Crippen molar-refractivity contribution >= 4 is 40.7 Å². The highest BCUT2D eigenvalue weighted by Crippen LogP contribution is 2.26. The fourth-order valence-electron chi connectivity index (χ4n) is 2.84. The van der Waals surface area contributed by atoms with Crippen LogP contribution in [0.2, 0.25) is 10.0 Å². The van der Waals surface area contributed by atoms with Gasteiger partial charge in [0.25, 0.3) is 0 Å². The molecule has 150 valence electrons. The molecule has 2 amide bonds. The molecular weight excluding hydrogens is 397 g/mol. The number of rotatable bonds is 7. The normalized spacial score (nSPS) is 12.0.